The van der Waals surface area contributed by atoms with E-state index in [-0.39, 0.29) is 23.8 Å². The van der Waals surface area contributed by atoms with E-state index in [1.54, 1.807) is 35.9 Å². The maximum Gasteiger partial charge on any atom is 0.493 e. The Kier molecular flexibility index (Phi) is 7.67. The van der Waals surface area contributed by atoms with Crippen LogP contribution in [0.2, 0.25) is 0 Å². The van der Waals surface area contributed by atoms with Crippen LogP contribution < -0.4 is 11.1 Å². The standard InChI is InChI=1S/C26H25F4N7O2S/c1-5-20(38)32-13-15-6-8-16(9-7-15)23-21(22-24(31)33-14-34-25(22)37(23)4)18-11-10-17(12-19(18)27)35-40(39,36(2)3)26(28,29)30/h5-12,14H,1,13H2,2-4H3,(H,32,38)(H2,31,33,34). The van der Waals surface area contributed by atoms with Crippen molar-refractivity contribution in [3.63, 3.8) is 0 Å². The topological polar surface area (TPSA) is 118 Å². The first-order chi connectivity index (χ1) is 18.8. The summed E-state index contributed by atoms with van der Waals surface area (Å²) >= 11 is 0. The fourth-order valence-corrected chi connectivity index (χ4v) is 5.24. The summed E-state index contributed by atoms with van der Waals surface area (Å²) in [5, 5.41) is 3.03. The summed E-state index contributed by atoms with van der Waals surface area (Å²) in [5.41, 5.74) is 3.25. The first kappa shape index (κ1) is 28.7. The van der Waals surface area contributed by atoms with Crippen LogP contribution in [0.4, 0.5) is 29.1 Å². The molecule has 1 amide bonds. The molecular weight excluding hydrogens is 550 g/mol. The van der Waals surface area contributed by atoms with Crippen molar-refractivity contribution in [2.45, 2.75) is 12.1 Å². The van der Waals surface area contributed by atoms with Gasteiger partial charge in [-0.3, -0.25) is 4.79 Å². The molecule has 0 aliphatic heterocycles. The third-order valence-electron chi connectivity index (χ3n) is 6.12. The quantitative estimate of drug-likeness (QED) is 0.240. The summed E-state index contributed by atoms with van der Waals surface area (Å²) in [5.74, 6) is -1.16. The number of carbonyl (C=O) groups is 1. The lowest BCUT2D eigenvalue weighted by Crippen LogP contribution is -2.35. The van der Waals surface area contributed by atoms with Crippen molar-refractivity contribution in [2.75, 3.05) is 19.8 Å². The van der Waals surface area contributed by atoms with Crippen molar-refractivity contribution in [3.05, 3.63) is 72.8 Å². The van der Waals surface area contributed by atoms with Crippen LogP contribution in [-0.2, 0) is 28.3 Å². The van der Waals surface area contributed by atoms with E-state index in [4.69, 9.17) is 5.73 Å². The van der Waals surface area contributed by atoms with Gasteiger partial charge in [0.2, 0.25) is 15.8 Å². The summed E-state index contributed by atoms with van der Waals surface area (Å²) in [7, 11) is -1.19. The van der Waals surface area contributed by atoms with Crippen LogP contribution in [0, 0.1) is 5.82 Å². The van der Waals surface area contributed by atoms with Crippen LogP contribution in [0.3, 0.4) is 0 Å². The Balaban J connectivity index is 1.90. The number of benzene rings is 2. The van der Waals surface area contributed by atoms with Gasteiger partial charge in [-0.1, -0.05) is 30.8 Å². The van der Waals surface area contributed by atoms with Crippen molar-refractivity contribution in [2.24, 2.45) is 11.4 Å². The van der Waals surface area contributed by atoms with Crippen molar-refractivity contribution >= 4 is 38.4 Å². The first-order valence-corrected chi connectivity index (χ1v) is 13.1. The molecule has 9 nitrogen and oxygen atoms in total. The molecule has 2 aromatic heterocycles. The van der Waals surface area contributed by atoms with E-state index in [0.29, 0.717) is 32.2 Å². The number of fused-ring (bicyclic) bond motifs is 1. The van der Waals surface area contributed by atoms with E-state index in [9.17, 15) is 22.2 Å². The maximum absolute atomic E-state index is 15.7. The van der Waals surface area contributed by atoms with Crippen LogP contribution in [0.15, 0.2) is 65.8 Å². The second kappa shape index (κ2) is 10.7. The number of hydrogen-bond acceptors (Lipinski definition) is 6. The number of carbonyl (C=O) groups excluding carboxylic acids is 1. The molecule has 14 heteroatoms. The number of alkyl halides is 3. The van der Waals surface area contributed by atoms with Crippen LogP contribution >= 0.6 is 0 Å². The minimum absolute atomic E-state index is 0.00623. The summed E-state index contributed by atoms with van der Waals surface area (Å²) < 4.78 is 74.3. The number of anilines is 1. The molecule has 1 atom stereocenters. The molecular formula is C26H25F4N7O2S. The van der Waals surface area contributed by atoms with Gasteiger partial charge < -0.3 is 15.6 Å². The second-order valence-corrected chi connectivity index (χ2v) is 11.2. The maximum atomic E-state index is 15.7. The molecule has 0 fully saturated rings. The van der Waals surface area contributed by atoms with Gasteiger partial charge in [0.05, 0.1) is 16.8 Å². The van der Waals surface area contributed by atoms with Gasteiger partial charge in [0.15, 0.2) is 0 Å². The average Bonchev–Trinajstić information content (AvgIpc) is 3.20. The minimum atomic E-state index is -5.17. The van der Waals surface area contributed by atoms with Crippen molar-refractivity contribution < 1.29 is 26.6 Å². The molecule has 0 radical (unpaired) electrons. The Labute approximate surface area is 227 Å². The normalized spacial score (nSPS) is 13.3. The predicted molar refractivity (Wildman–Crippen MR) is 146 cm³/mol. The average molecular weight is 576 g/mol. The molecule has 0 saturated heterocycles. The van der Waals surface area contributed by atoms with Gasteiger partial charge in [-0.2, -0.15) is 17.5 Å². The number of nitrogens with two attached hydrogens (primary N) is 1. The number of rotatable bonds is 7. The molecule has 0 bridgehead atoms. The first-order valence-electron chi connectivity index (χ1n) is 11.7. The molecule has 0 aliphatic rings. The van der Waals surface area contributed by atoms with Gasteiger partial charge in [-0.15, -0.1) is 0 Å². The summed E-state index contributed by atoms with van der Waals surface area (Å²) in [6, 6.07) is 10.3. The molecule has 40 heavy (non-hydrogen) atoms. The lowest BCUT2D eigenvalue weighted by molar-refractivity contribution is -0.116. The van der Waals surface area contributed by atoms with Crippen molar-refractivity contribution in [3.8, 4) is 22.4 Å². The molecule has 0 spiro atoms. The van der Waals surface area contributed by atoms with Crippen LogP contribution in [-0.4, -0.2) is 48.6 Å². The van der Waals surface area contributed by atoms with Crippen LogP contribution in [0.25, 0.3) is 33.4 Å². The van der Waals surface area contributed by atoms with Gasteiger partial charge >= 0.3 is 5.51 Å². The lowest BCUT2D eigenvalue weighted by atomic mass is 9.97. The number of amides is 1. The molecule has 3 N–H and O–H groups in total. The molecule has 4 aromatic rings. The largest absolute Gasteiger partial charge is 0.493 e. The van der Waals surface area contributed by atoms with Gasteiger partial charge in [0.25, 0.3) is 0 Å². The molecule has 0 aliphatic carbocycles. The number of aryl methyl sites for hydroxylation is 1. The van der Waals surface area contributed by atoms with Crippen LogP contribution in [0.5, 0.6) is 0 Å². The predicted octanol–water partition coefficient (Wildman–Crippen LogP) is 4.92. The minimum Gasteiger partial charge on any atom is -0.383 e. The zero-order valence-electron chi connectivity index (χ0n) is 21.7. The molecule has 210 valence electrons. The van der Waals surface area contributed by atoms with E-state index < -0.39 is 26.9 Å². The van der Waals surface area contributed by atoms with Crippen LogP contribution in [0.1, 0.15) is 5.56 Å². The third kappa shape index (κ3) is 5.14. The van der Waals surface area contributed by atoms with E-state index >= 15 is 4.39 Å². The Morgan fingerprint density at radius 1 is 1.20 bits per heavy atom. The fourth-order valence-electron chi connectivity index (χ4n) is 4.16. The van der Waals surface area contributed by atoms with Crippen molar-refractivity contribution in [1.29, 1.82) is 0 Å². The Hall–Kier alpha value is -4.30. The van der Waals surface area contributed by atoms with Crippen molar-refractivity contribution in [1.82, 2.24) is 24.2 Å². The highest BCUT2D eigenvalue weighted by Crippen LogP contribution is 2.43. The van der Waals surface area contributed by atoms with E-state index in [2.05, 4.69) is 26.2 Å². The fraction of sp³-hybridized carbons (Fsp3) is 0.192. The Bertz CT molecular complexity index is 1740. The zero-order valence-corrected chi connectivity index (χ0v) is 22.5. The van der Waals surface area contributed by atoms with E-state index in [1.165, 1.54) is 12.4 Å². The SMILES string of the molecule is C=CC(=O)NCc1ccc(-c2c(-c3ccc(N=S(=O)(N(C)C)C(F)(F)F)cc3F)c3c(N)ncnc3n2C)cc1. The highest BCUT2D eigenvalue weighted by atomic mass is 32.2. The molecule has 2 aromatic carbocycles. The zero-order chi connectivity index (χ0) is 29.4. The van der Waals surface area contributed by atoms with Gasteiger partial charge in [-0.25, -0.2) is 22.9 Å². The highest BCUT2D eigenvalue weighted by molar-refractivity contribution is 7.92. The van der Waals surface area contributed by atoms with E-state index in [1.807, 2.05) is 0 Å². The molecule has 0 saturated carbocycles. The lowest BCUT2D eigenvalue weighted by Gasteiger charge is -2.19. The summed E-state index contributed by atoms with van der Waals surface area (Å²) in [6.07, 6.45) is 2.43. The summed E-state index contributed by atoms with van der Waals surface area (Å²) in [4.78, 5) is 19.8. The van der Waals surface area contributed by atoms with Gasteiger partial charge in [0, 0.05) is 44.9 Å². The monoisotopic (exact) mass is 575 g/mol. The summed E-state index contributed by atoms with van der Waals surface area (Å²) in [6.45, 7) is 3.68. The molecule has 1 unspecified atom stereocenters. The van der Waals surface area contributed by atoms with Gasteiger partial charge in [-0.05, 0) is 29.3 Å². The Morgan fingerprint density at radius 3 is 2.45 bits per heavy atom. The number of aromatic nitrogens is 3. The third-order valence-corrected chi connectivity index (χ3v) is 8.17. The molecule has 4 rings (SSSR count). The number of nitrogens with zero attached hydrogens (tertiary/aromatic N) is 5. The Morgan fingerprint density at radius 2 is 1.88 bits per heavy atom. The van der Waals surface area contributed by atoms with E-state index in [0.717, 1.165) is 37.9 Å². The second-order valence-electron chi connectivity index (χ2n) is 8.87. The highest BCUT2D eigenvalue weighted by Gasteiger charge is 2.45. The number of halogens is 4. The molecule has 2 heterocycles. The number of nitrogen functional groups attached to an aromatic ring is 1. The number of nitrogens with one attached hydrogen (secondary N) is 1. The van der Waals surface area contributed by atoms with Gasteiger partial charge in [0.1, 0.15) is 23.6 Å². The smallest absolute Gasteiger partial charge is 0.383 e. The number of hydrogen-bond donors (Lipinski definition) is 2.